The van der Waals surface area contributed by atoms with Gasteiger partial charge in [-0.3, -0.25) is 9.89 Å². The standard InChI is InChI=1S/C22H34N6O.HI/c1-4-23-22(24-14-19(2)16-27-10-12-29-13-11-27)26(3)17-20-15-25-28(18-20)21-8-6-5-7-9-21;/h5-9,15,18-19H,4,10-14,16-17H2,1-3H3,(H,23,24);1H. The molecule has 1 fully saturated rings. The summed E-state index contributed by atoms with van der Waals surface area (Å²) in [6.45, 7) is 11.6. The molecule has 0 radical (unpaired) electrons. The maximum Gasteiger partial charge on any atom is 0.193 e. The summed E-state index contributed by atoms with van der Waals surface area (Å²) in [5.74, 6) is 1.45. The lowest BCUT2D eigenvalue weighted by atomic mass is 10.1. The first-order chi connectivity index (χ1) is 14.2. The van der Waals surface area contributed by atoms with Gasteiger partial charge in [0.05, 0.1) is 25.1 Å². The van der Waals surface area contributed by atoms with Crippen LogP contribution in [-0.4, -0.2) is 78.5 Å². The van der Waals surface area contributed by atoms with Gasteiger partial charge in [-0.2, -0.15) is 5.10 Å². The van der Waals surface area contributed by atoms with Crippen LogP contribution in [0.3, 0.4) is 0 Å². The van der Waals surface area contributed by atoms with Crippen molar-refractivity contribution in [2.45, 2.75) is 20.4 Å². The molecule has 1 atom stereocenters. The predicted octanol–water partition coefficient (Wildman–Crippen LogP) is 2.86. The van der Waals surface area contributed by atoms with Crippen molar-refractivity contribution in [3.63, 3.8) is 0 Å². The fraction of sp³-hybridized carbons (Fsp3) is 0.545. The van der Waals surface area contributed by atoms with Crippen LogP contribution in [0.5, 0.6) is 0 Å². The normalized spacial score (nSPS) is 16.0. The summed E-state index contributed by atoms with van der Waals surface area (Å²) in [6.07, 6.45) is 4.00. The van der Waals surface area contributed by atoms with Crippen molar-refractivity contribution in [3.05, 3.63) is 48.3 Å². The number of para-hydroxylation sites is 1. The van der Waals surface area contributed by atoms with Gasteiger partial charge in [-0.25, -0.2) is 4.68 Å². The Hall–Kier alpha value is -1.65. The zero-order valence-corrected chi connectivity index (χ0v) is 20.7. The molecule has 0 saturated carbocycles. The molecule has 1 saturated heterocycles. The van der Waals surface area contributed by atoms with Gasteiger partial charge in [0.2, 0.25) is 0 Å². The molecule has 1 N–H and O–H groups in total. The fourth-order valence-corrected chi connectivity index (χ4v) is 3.51. The second-order valence-electron chi connectivity index (χ2n) is 7.70. The number of guanidine groups is 1. The predicted molar refractivity (Wildman–Crippen MR) is 133 cm³/mol. The van der Waals surface area contributed by atoms with Gasteiger partial charge in [0.25, 0.3) is 0 Å². The molecule has 1 aromatic heterocycles. The largest absolute Gasteiger partial charge is 0.379 e. The number of aliphatic imine (C=N–C) groups is 1. The molecule has 30 heavy (non-hydrogen) atoms. The van der Waals surface area contributed by atoms with Gasteiger partial charge in [0.15, 0.2) is 5.96 Å². The Morgan fingerprint density at radius 1 is 1.27 bits per heavy atom. The molecule has 0 aliphatic carbocycles. The Bertz CT molecular complexity index is 760. The summed E-state index contributed by atoms with van der Waals surface area (Å²) >= 11 is 0. The second kappa shape index (κ2) is 12.9. The minimum atomic E-state index is 0. The smallest absolute Gasteiger partial charge is 0.193 e. The lowest BCUT2D eigenvalue weighted by Gasteiger charge is -2.29. The highest BCUT2D eigenvalue weighted by Gasteiger charge is 2.14. The minimum Gasteiger partial charge on any atom is -0.379 e. The van der Waals surface area contributed by atoms with Crippen molar-refractivity contribution in [1.82, 2.24) is 24.9 Å². The van der Waals surface area contributed by atoms with E-state index in [4.69, 9.17) is 9.73 Å². The van der Waals surface area contributed by atoms with Crippen molar-refractivity contribution in [3.8, 4) is 5.69 Å². The summed E-state index contributed by atoms with van der Waals surface area (Å²) in [5.41, 5.74) is 2.22. The zero-order valence-electron chi connectivity index (χ0n) is 18.3. The van der Waals surface area contributed by atoms with Crippen molar-refractivity contribution in [1.29, 1.82) is 0 Å². The van der Waals surface area contributed by atoms with Gasteiger partial charge in [-0.15, -0.1) is 24.0 Å². The Morgan fingerprint density at radius 3 is 2.70 bits per heavy atom. The molecule has 1 unspecified atom stereocenters. The van der Waals surface area contributed by atoms with E-state index >= 15 is 0 Å². The Morgan fingerprint density at radius 2 is 2.00 bits per heavy atom. The maximum absolute atomic E-state index is 5.44. The number of aromatic nitrogens is 2. The van der Waals surface area contributed by atoms with Gasteiger partial charge in [-0.1, -0.05) is 25.1 Å². The van der Waals surface area contributed by atoms with Gasteiger partial charge < -0.3 is 15.0 Å². The number of morpholine rings is 1. The maximum atomic E-state index is 5.44. The molecule has 2 aromatic rings. The average Bonchev–Trinajstić information content (AvgIpc) is 3.21. The van der Waals surface area contributed by atoms with Crippen LogP contribution in [0, 0.1) is 5.92 Å². The van der Waals surface area contributed by atoms with Crippen LogP contribution >= 0.6 is 24.0 Å². The van der Waals surface area contributed by atoms with E-state index in [0.29, 0.717) is 5.92 Å². The molecule has 1 aliphatic rings. The molecule has 166 valence electrons. The topological polar surface area (TPSA) is 57.9 Å². The van der Waals surface area contributed by atoms with Crippen LogP contribution in [0.25, 0.3) is 5.69 Å². The molecule has 1 aromatic carbocycles. The van der Waals surface area contributed by atoms with E-state index in [1.165, 1.54) is 0 Å². The number of nitrogens with one attached hydrogen (secondary N) is 1. The Labute approximate surface area is 197 Å². The first-order valence-corrected chi connectivity index (χ1v) is 10.5. The minimum absolute atomic E-state index is 0. The van der Waals surface area contributed by atoms with E-state index < -0.39 is 0 Å². The second-order valence-corrected chi connectivity index (χ2v) is 7.70. The molecule has 8 heteroatoms. The van der Waals surface area contributed by atoms with Gasteiger partial charge in [-0.05, 0) is 25.0 Å². The molecule has 7 nitrogen and oxygen atoms in total. The van der Waals surface area contributed by atoms with E-state index in [-0.39, 0.29) is 24.0 Å². The highest BCUT2D eigenvalue weighted by molar-refractivity contribution is 14.0. The molecular weight excluding hydrogens is 491 g/mol. The highest BCUT2D eigenvalue weighted by Crippen LogP contribution is 2.10. The average molecular weight is 526 g/mol. The van der Waals surface area contributed by atoms with Crippen LogP contribution in [0.15, 0.2) is 47.7 Å². The van der Waals surface area contributed by atoms with E-state index in [9.17, 15) is 0 Å². The van der Waals surface area contributed by atoms with Gasteiger partial charge >= 0.3 is 0 Å². The van der Waals surface area contributed by atoms with Crippen LogP contribution in [0.4, 0.5) is 0 Å². The van der Waals surface area contributed by atoms with Crippen LogP contribution < -0.4 is 5.32 Å². The first kappa shape index (κ1) is 24.6. The molecule has 0 bridgehead atoms. The summed E-state index contributed by atoms with van der Waals surface area (Å²) in [4.78, 5) is 9.52. The molecule has 0 amide bonds. The van der Waals surface area contributed by atoms with E-state index in [1.807, 2.05) is 29.1 Å². The van der Waals surface area contributed by atoms with Crippen molar-refractivity contribution in [2.24, 2.45) is 10.9 Å². The van der Waals surface area contributed by atoms with Crippen LogP contribution in [0.2, 0.25) is 0 Å². The monoisotopic (exact) mass is 526 g/mol. The van der Waals surface area contributed by atoms with Crippen LogP contribution in [0.1, 0.15) is 19.4 Å². The number of nitrogens with zero attached hydrogens (tertiary/aromatic N) is 5. The first-order valence-electron chi connectivity index (χ1n) is 10.5. The van der Waals surface area contributed by atoms with Crippen molar-refractivity contribution >= 4 is 29.9 Å². The van der Waals surface area contributed by atoms with Crippen molar-refractivity contribution in [2.75, 3.05) is 53.0 Å². The third-order valence-corrected chi connectivity index (χ3v) is 5.00. The summed E-state index contributed by atoms with van der Waals surface area (Å²) in [5, 5.41) is 7.91. The number of halogens is 1. The lowest BCUT2D eigenvalue weighted by Crippen LogP contribution is -2.40. The number of rotatable bonds is 8. The lowest BCUT2D eigenvalue weighted by molar-refractivity contribution is 0.0323. The SMILES string of the molecule is CCNC(=NCC(C)CN1CCOCC1)N(C)Cc1cnn(-c2ccccc2)c1.I. The zero-order chi connectivity index (χ0) is 20.5. The van der Waals surface area contributed by atoms with Gasteiger partial charge in [0, 0.05) is 58.1 Å². The Balaban J connectivity index is 0.00000320. The number of ether oxygens (including phenoxy) is 1. The third-order valence-electron chi connectivity index (χ3n) is 5.00. The molecule has 0 spiro atoms. The fourth-order valence-electron chi connectivity index (χ4n) is 3.51. The summed E-state index contributed by atoms with van der Waals surface area (Å²) < 4.78 is 7.35. The number of hydrogen-bond donors (Lipinski definition) is 1. The number of benzene rings is 1. The summed E-state index contributed by atoms with van der Waals surface area (Å²) in [6, 6.07) is 10.2. The molecule has 3 rings (SSSR count). The van der Waals surface area contributed by atoms with E-state index in [0.717, 1.165) is 69.7 Å². The van der Waals surface area contributed by atoms with E-state index in [2.05, 4.69) is 59.4 Å². The highest BCUT2D eigenvalue weighted by atomic mass is 127. The third kappa shape index (κ3) is 7.55. The number of hydrogen-bond acceptors (Lipinski definition) is 4. The summed E-state index contributed by atoms with van der Waals surface area (Å²) in [7, 11) is 2.08. The molecule has 2 heterocycles. The van der Waals surface area contributed by atoms with Crippen molar-refractivity contribution < 1.29 is 4.74 Å². The van der Waals surface area contributed by atoms with Gasteiger partial charge in [0.1, 0.15) is 0 Å². The van der Waals surface area contributed by atoms with E-state index in [1.54, 1.807) is 0 Å². The van der Waals surface area contributed by atoms with Crippen LogP contribution in [-0.2, 0) is 11.3 Å². The quantitative estimate of drug-likeness (QED) is 0.326. The molecular formula is C22H35IN6O. The molecule has 1 aliphatic heterocycles. The Kier molecular flexibility index (Phi) is 10.6.